The van der Waals surface area contributed by atoms with Gasteiger partial charge in [-0.15, -0.1) is 0 Å². The van der Waals surface area contributed by atoms with Crippen molar-refractivity contribution in [3.63, 3.8) is 0 Å². The Kier molecular flexibility index (Phi) is 5.86. The first kappa shape index (κ1) is 19.8. The number of aliphatic hydroxyl groups is 1. The highest BCUT2D eigenvalue weighted by atomic mass is 16.5. The molecule has 0 radical (unpaired) electrons. The van der Waals surface area contributed by atoms with Crippen LogP contribution in [0.3, 0.4) is 0 Å². The van der Waals surface area contributed by atoms with Crippen LogP contribution in [0.2, 0.25) is 0 Å². The normalized spacial score (nSPS) is 14.1. The summed E-state index contributed by atoms with van der Waals surface area (Å²) in [5.74, 6) is 0.913. The molecule has 6 nitrogen and oxygen atoms in total. The second-order valence-electron chi connectivity index (χ2n) is 7.21. The van der Waals surface area contributed by atoms with Crippen molar-refractivity contribution in [2.24, 2.45) is 0 Å². The van der Waals surface area contributed by atoms with Crippen LogP contribution in [-0.4, -0.2) is 20.2 Å². The molecule has 30 heavy (non-hydrogen) atoms. The smallest absolute Gasteiger partial charge is 0.139 e. The van der Waals surface area contributed by atoms with Gasteiger partial charge in [0, 0.05) is 23.7 Å². The number of anilines is 1. The number of rotatable bonds is 7. The van der Waals surface area contributed by atoms with Gasteiger partial charge in [-0.25, -0.2) is 4.98 Å². The van der Waals surface area contributed by atoms with E-state index < -0.39 is 12.0 Å². The van der Waals surface area contributed by atoms with Crippen molar-refractivity contribution in [1.82, 2.24) is 15.1 Å². The molecule has 0 fully saturated rings. The van der Waals surface area contributed by atoms with Gasteiger partial charge in [0.1, 0.15) is 11.6 Å². The van der Waals surface area contributed by atoms with Crippen LogP contribution in [-0.2, 0) is 0 Å². The number of nitrogens with one attached hydrogen (secondary N) is 1. The molecule has 3 atom stereocenters. The number of nitrogens with zero attached hydrogens (tertiary/aromatic N) is 3. The van der Waals surface area contributed by atoms with Crippen LogP contribution >= 0.6 is 0 Å². The first-order chi connectivity index (χ1) is 14.6. The first-order valence-electron chi connectivity index (χ1n) is 9.89. The highest BCUT2D eigenvalue weighted by molar-refractivity contribution is 5.42. The third-order valence-corrected chi connectivity index (χ3v) is 5.24. The molecular weight excluding hydrogens is 376 g/mol. The van der Waals surface area contributed by atoms with Gasteiger partial charge in [-0.2, -0.15) is 0 Å². The first-order valence-corrected chi connectivity index (χ1v) is 9.89. The predicted molar refractivity (Wildman–Crippen MR) is 115 cm³/mol. The lowest BCUT2D eigenvalue weighted by Crippen LogP contribution is -2.26. The molecule has 4 rings (SSSR count). The lowest BCUT2D eigenvalue weighted by Gasteiger charge is -2.32. The van der Waals surface area contributed by atoms with E-state index in [-0.39, 0.29) is 6.04 Å². The average molecular weight is 400 g/mol. The molecule has 6 heteroatoms. The topological polar surface area (TPSA) is 84.1 Å². The molecule has 0 aliphatic heterocycles. The van der Waals surface area contributed by atoms with E-state index in [0.29, 0.717) is 17.0 Å². The molecule has 3 unspecified atom stereocenters. The van der Waals surface area contributed by atoms with E-state index in [1.54, 1.807) is 12.4 Å². The third-order valence-electron chi connectivity index (χ3n) is 5.24. The Bertz CT molecular complexity index is 1050. The van der Waals surface area contributed by atoms with Crippen molar-refractivity contribution < 1.29 is 9.63 Å². The van der Waals surface area contributed by atoms with Gasteiger partial charge < -0.3 is 14.9 Å². The second-order valence-corrected chi connectivity index (χ2v) is 7.21. The van der Waals surface area contributed by atoms with Crippen molar-refractivity contribution in [2.45, 2.75) is 31.9 Å². The lowest BCUT2D eigenvalue weighted by atomic mass is 9.82. The Morgan fingerprint density at radius 1 is 0.867 bits per heavy atom. The van der Waals surface area contributed by atoms with Gasteiger partial charge in [0.15, 0.2) is 0 Å². The molecule has 0 aliphatic carbocycles. The van der Waals surface area contributed by atoms with Gasteiger partial charge in [0.25, 0.3) is 0 Å². The van der Waals surface area contributed by atoms with Crippen molar-refractivity contribution in [3.05, 3.63) is 107 Å². The minimum Gasteiger partial charge on any atom is -0.387 e. The molecular formula is C24H24N4O2. The fourth-order valence-electron chi connectivity index (χ4n) is 3.83. The van der Waals surface area contributed by atoms with Crippen LogP contribution in [0.1, 0.15) is 46.3 Å². The molecule has 1 aromatic carbocycles. The summed E-state index contributed by atoms with van der Waals surface area (Å²) in [6.45, 7) is 3.66. The number of aromatic nitrogens is 3. The number of hydrogen-bond acceptors (Lipinski definition) is 6. The zero-order valence-corrected chi connectivity index (χ0v) is 16.9. The molecule has 0 spiro atoms. The zero-order chi connectivity index (χ0) is 20.9. The zero-order valence-electron chi connectivity index (χ0n) is 16.9. The van der Waals surface area contributed by atoms with Crippen LogP contribution in [0.25, 0.3) is 0 Å². The van der Waals surface area contributed by atoms with E-state index in [9.17, 15) is 5.11 Å². The minimum absolute atomic E-state index is 0.292. The van der Waals surface area contributed by atoms with E-state index in [1.807, 2.05) is 80.6 Å². The summed E-state index contributed by atoms with van der Waals surface area (Å²) >= 11 is 0. The Balaban J connectivity index is 1.85. The van der Waals surface area contributed by atoms with Gasteiger partial charge in [-0.05, 0) is 43.7 Å². The molecule has 0 aliphatic rings. The second kappa shape index (κ2) is 8.88. The van der Waals surface area contributed by atoms with Crippen molar-refractivity contribution in [2.75, 3.05) is 5.32 Å². The summed E-state index contributed by atoms with van der Waals surface area (Å²) < 4.78 is 5.34. The summed E-state index contributed by atoms with van der Waals surface area (Å²) in [4.78, 5) is 9.02. The molecule has 0 saturated carbocycles. The quantitative estimate of drug-likeness (QED) is 0.466. The minimum atomic E-state index is -0.882. The Labute approximate surface area is 175 Å². The highest BCUT2D eigenvalue weighted by Crippen LogP contribution is 2.43. The Hall–Kier alpha value is -3.51. The van der Waals surface area contributed by atoms with Crippen LogP contribution in [0.4, 0.5) is 5.82 Å². The fourth-order valence-corrected chi connectivity index (χ4v) is 3.83. The molecule has 2 N–H and O–H groups in total. The van der Waals surface area contributed by atoms with Gasteiger partial charge in [0.05, 0.1) is 23.8 Å². The SMILES string of the molecule is Cc1noc(C)c1C(O)C(c1ccccn1)C(Nc1ccccn1)c1ccccc1. The number of benzene rings is 1. The van der Waals surface area contributed by atoms with Crippen molar-refractivity contribution in [3.8, 4) is 0 Å². The molecule has 0 saturated heterocycles. The van der Waals surface area contributed by atoms with Crippen LogP contribution in [0.5, 0.6) is 0 Å². The van der Waals surface area contributed by atoms with Crippen LogP contribution < -0.4 is 5.32 Å². The molecule has 4 aromatic rings. The summed E-state index contributed by atoms with van der Waals surface area (Å²) in [6, 6.07) is 21.2. The highest BCUT2D eigenvalue weighted by Gasteiger charge is 2.36. The fraction of sp³-hybridized carbons (Fsp3) is 0.208. The lowest BCUT2D eigenvalue weighted by molar-refractivity contribution is 0.131. The van der Waals surface area contributed by atoms with Gasteiger partial charge in [0.2, 0.25) is 0 Å². The van der Waals surface area contributed by atoms with E-state index in [1.165, 1.54) is 0 Å². The van der Waals surface area contributed by atoms with E-state index in [0.717, 1.165) is 17.1 Å². The number of pyridine rings is 2. The summed E-state index contributed by atoms with van der Waals surface area (Å²) in [5, 5.41) is 19.1. The summed E-state index contributed by atoms with van der Waals surface area (Å²) in [5.41, 5.74) is 3.15. The summed E-state index contributed by atoms with van der Waals surface area (Å²) in [6.07, 6.45) is 2.60. The summed E-state index contributed by atoms with van der Waals surface area (Å²) in [7, 11) is 0. The van der Waals surface area contributed by atoms with Crippen molar-refractivity contribution >= 4 is 5.82 Å². The number of aliphatic hydroxyl groups excluding tert-OH is 1. The van der Waals surface area contributed by atoms with Gasteiger partial charge in [-0.3, -0.25) is 4.98 Å². The third kappa shape index (κ3) is 4.09. The van der Waals surface area contributed by atoms with Gasteiger partial charge in [-0.1, -0.05) is 47.6 Å². The standard InChI is InChI=1S/C24H24N4O2/c1-16-21(17(2)30-28-16)24(29)22(19-12-6-8-14-25-19)23(18-10-4-3-5-11-18)27-20-13-7-9-15-26-20/h3-15,22-24,29H,1-2H3,(H,26,27). The molecule has 3 aromatic heterocycles. The maximum Gasteiger partial charge on any atom is 0.139 e. The molecule has 152 valence electrons. The molecule has 0 bridgehead atoms. The maximum atomic E-state index is 11.6. The van der Waals surface area contributed by atoms with Crippen LogP contribution in [0, 0.1) is 13.8 Å². The van der Waals surface area contributed by atoms with Crippen molar-refractivity contribution in [1.29, 1.82) is 0 Å². The van der Waals surface area contributed by atoms with Gasteiger partial charge >= 0.3 is 0 Å². The average Bonchev–Trinajstić information content (AvgIpc) is 3.13. The van der Waals surface area contributed by atoms with E-state index in [4.69, 9.17) is 4.52 Å². The molecule has 0 amide bonds. The van der Waals surface area contributed by atoms with E-state index >= 15 is 0 Å². The predicted octanol–water partition coefficient (Wildman–Crippen LogP) is 4.75. The monoisotopic (exact) mass is 400 g/mol. The number of aryl methyl sites for hydroxylation is 2. The Morgan fingerprint density at radius 2 is 1.57 bits per heavy atom. The maximum absolute atomic E-state index is 11.6. The van der Waals surface area contributed by atoms with Crippen LogP contribution in [0.15, 0.2) is 83.6 Å². The number of hydrogen-bond donors (Lipinski definition) is 2. The Morgan fingerprint density at radius 3 is 2.17 bits per heavy atom. The molecule has 3 heterocycles. The largest absolute Gasteiger partial charge is 0.387 e. The van der Waals surface area contributed by atoms with E-state index in [2.05, 4.69) is 20.4 Å².